The van der Waals surface area contributed by atoms with Crippen LogP contribution >= 0.6 is 0 Å². The zero-order valence-electron chi connectivity index (χ0n) is 18.7. The van der Waals surface area contributed by atoms with Crippen LogP contribution in [0.2, 0.25) is 0 Å². The normalized spacial score (nSPS) is 26.2. The van der Waals surface area contributed by atoms with E-state index in [2.05, 4.69) is 5.32 Å². The van der Waals surface area contributed by atoms with Crippen LogP contribution in [0.25, 0.3) is 10.8 Å². The standard InChI is InChI=1S/C26H24N2O6/c1-3-26(25(32)33)21-20(22(27-26)17-12-11-15(34-2)13-19(17)29)23(30)28(24(21)31)18-10-6-8-14-7-4-5-9-16(14)18/h4-13,20-22,27,29H,3H2,1-2H3,(H,32,33)/t20-,21+,22-,26+/m0/s1. The summed E-state index contributed by atoms with van der Waals surface area (Å²) < 4.78 is 5.15. The third-order valence-corrected chi connectivity index (χ3v) is 7.17. The maximum Gasteiger partial charge on any atom is 0.324 e. The molecule has 2 aliphatic rings. The molecule has 2 aliphatic heterocycles. The Morgan fingerprint density at radius 1 is 1.09 bits per heavy atom. The fourth-order valence-electron chi connectivity index (χ4n) is 5.50. The second kappa shape index (κ2) is 7.85. The number of carbonyl (C=O) groups is 3. The molecule has 2 amide bonds. The van der Waals surface area contributed by atoms with E-state index >= 15 is 0 Å². The van der Waals surface area contributed by atoms with Crippen molar-refractivity contribution in [1.29, 1.82) is 0 Å². The number of nitrogens with one attached hydrogen (secondary N) is 1. The van der Waals surface area contributed by atoms with Gasteiger partial charge in [-0.25, -0.2) is 4.90 Å². The molecular weight excluding hydrogens is 436 g/mol. The summed E-state index contributed by atoms with van der Waals surface area (Å²) in [6.07, 6.45) is 0.0827. The van der Waals surface area contributed by atoms with E-state index in [1.54, 1.807) is 31.2 Å². The summed E-state index contributed by atoms with van der Waals surface area (Å²) in [7, 11) is 1.46. The highest BCUT2D eigenvalue weighted by Gasteiger charge is 2.68. The van der Waals surface area contributed by atoms with E-state index in [4.69, 9.17) is 4.74 Å². The number of carbonyl (C=O) groups excluding carboxylic acids is 2. The van der Waals surface area contributed by atoms with Gasteiger partial charge in [-0.05, 0) is 23.9 Å². The SMILES string of the molecule is CC[C@@]1(C(=O)O)N[C@@H](c2ccc(OC)cc2O)[C@H]2C(=O)N(c3cccc4ccccc34)C(=O)[C@@H]21. The van der Waals surface area contributed by atoms with Gasteiger partial charge in [0, 0.05) is 23.1 Å². The molecular formula is C26H24N2O6. The molecule has 174 valence electrons. The highest BCUT2D eigenvalue weighted by atomic mass is 16.5. The molecule has 8 nitrogen and oxygen atoms in total. The molecule has 3 aromatic rings. The van der Waals surface area contributed by atoms with Gasteiger partial charge in [0.1, 0.15) is 17.0 Å². The lowest BCUT2D eigenvalue weighted by Crippen LogP contribution is -2.55. The minimum Gasteiger partial charge on any atom is -0.507 e. The lowest BCUT2D eigenvalue weighted by atomic mass is 9.78. The molecule has 34 heavy (non-hydrogen) atoms. The number of hydrogen-bond donors (Lipinski definition) is 3. The Balaban J connectivity index is 1.68. The fourth-order valence-corrected chi connectivity index (χ4v) is 5.50. The van der Waals surface area contributed by atoms with Crippen molar-refractivity contribution in [3.63, 3.8) is 0 Å². The predicted molar refractivity (Wildman–Crippen MR) is 125 cm³/mol. The number of ether oxygens (including phenoxy) is 1. The van der Waals surface area contributed by atoms with Gasteiger partial charge < -0.3 is 14.9 Å². The van der Waals surface area contributed by atoms with Crippen molar-refractivity contribution >= 4 is 34.2 Å². The summed E-state index contributed by atoms with van der Waals surface area (Å²) in [6, 6.07) is 16.5. The maximum atomic E-state index is 13.9. The molecule has 0 aromatic heterocycles. The Morgan fingerprint density at radius 2 is 1.82 bits per heavy atom. The molecule has 2 heterocycles. The average molecular weight is 460 g/mol. The second-order valence-corrected chi connectivity index (χ2v) is 8.69. The summed E-state index contributed by atoms with van der Waals surface area (Å²) >= 11 is 0. The third kappa shape index (κ3) is 2.92. The van der Waals surface area contributed by atoms with Crippen molar-refractivity contribution in [2.75, 3.05) is 12.0 Å². The molecule has 0 radical (unpaired) electrons. The van der Waals surface area contributed by atoms with Gasteiger partial charge in [-0.2, -0.15) is 0 Å². The van der Waals surface area contributed by atoms with Gasteiger partial charge in [-0.3, -0.25) is 19.7 Å². The van der Waals surface area contributed by atoms with E-state index < -0.39 is 41.2 Å². The second-order valence-electron chi connectivity index (χ2n) is 8.69. The van der Waals surface area contributed by atoms with Crippen LogP contribution in [0.1, 0.15) is 24.9 Å². The first-order valence-corrected chi connectivity index (χ1v) is 11.1. The van der Waals surface area contributed by atoms with E-state index in [0.717, 1.165) is 15.7 Å². The lowest BCUT2D eigenvalue weighted by molar-refractivity contribution is -0.149. The number of nitrogens with zero attached hydrogens (tertiary/aromatic N) is 1. The highest BCUT2D eigenvalue weighted by Crippen LogP contribution is 2.52. The fraction of sp³-hybridized carbons (Fsp3) is 0.269. The number of rotatable bonds is 5. The molecule has 0 bridgehead atoms. The minimum absolute atomic E-state index is 0.0827. The Labute approximate surface area is 195 Å². The van der Waals surface area contributed by atoms with E-state index in [9.17, 15) is 24.6 Å². The summed E-state index contributed by atoms with van der Waals surface area (Å²) in [5.41, 5.74) is -0.891. The Kier molecular flexibility index (Phi) is 5.06. The Hall–Kier alpha value is -3.91. The number of aromatic hydroxyl groups is 1. The van der Waals surface area contributed by atoms with Crippen LogP contribution in [-0.4, -0.2) is 40.6 Å². The van der Waals surface area contributed by atoms with Crippen LogP contribution in [0.4, 0.5) is 5.69 Å². The lowest BCUT2D eigenvalue weighted by Gasteiger charge is -2.30. The van der Waals surface area contributed by atoms with Crippen molar-refractivity contribution in [2.24, 2.45) is 11.8 Å². The van der Waals surface area contributed by atoms with Crippen LogP contribution < -0.4 is 15.0 Å². The number of fused-ring (bicyclic) bond motifs is 2. The Morgan fingerprint density at radius 3 is 2.50 bits per heavy atom. The maximum absolute atomic E-state index is 13.9. The van der Waals surface area contributed by atoms with E-state index in [1.165, 1.54) is 13.2 Å². The van der Waals surface area contributed by atoms with Gasteiger partial charge in [0.2, 0.25) is 11.8 Å². The van der Waals surface area contributed by atoms with Crippen LogP contribution in [0.15, 0.2) is 60.7 Å². The summed E-state index contributed by atoms with van der Waals surface area (Å²) in [5, 5.41) is 25.6. The zero-order chi connectivity index (χ0) is 24.2. The number of phenols is 1. The van der Waals surface area contributed by atoms with Crippen molar-refractivity contribution in [2.45, 2.75) is 24.9 Å². The van der Waals surface area contributed by atoms with Gasteiger partial charge in [-0.15, -0.1) is 0 Å². The van der Waals surface area contributed by atoms with Gasteiger partial charge in [-0.1, -0.05) is 49.4 Å². The number of hydrogen-bond acceptors (Lipinski definition) is 6. The summed E-state index contributed by atoms with van der Waals surface area (Å²) in [4.78, 5) is 41.3. The van der Waals surface area contributed by atoms with Crippen molar-refractivity contribution in [3.8, 4) is 11.5 Å². The largest absolute Gasteiger partial charge is 0.507 e. The average Bonchev–Trinajstić information content (AvgIpc) is 3.32. The quantitative estimate of drug-likeness (QED) is 0.501. The summed E-state index contributed by atoms with van der Waals surface area (Å²) in [5.74, 6) is -4.11. The van der Waals surface area contributed by atoms with Gasteiger partial charge in [0.05, 0.1) is 24.6 Å². The molecule has 0 unspecified atom stereocenters. The molecule has 2 fully saturated rings. The van der Waals surface area contributed by atoms with Crippen LogP contribution in [0, 0.1) is 11.8 Å². The highest BCUT2D eigenvalue weighted by molar-refractivity contribution is 6.26. The topological polar surface area (TPSA) is 116 Å². The van der Waals surface area contributed by atoms with Crippen LogP contribution in [0.5, 0.6) is 11.5 Å². The molecule has 5 rings (SSSR count). The number of carboxylic acid groups (broad SMARTS) is 1. The van der Waals surface area contributed by atoms with Gasteiger partial charge >= 0.3 is 5.97 Å². The zero-order valence-corrected chi connectivity index (χ0v) is 18.7. The number of carboxylic acids is 1. The molecule has 8 heteroatoms. The molecule has 0 spiro atoms. The number of benzene rings is 3. The van der Waals surface area contributed by atoms with E-state index in [-0.39, 0.29) is 12.2 Å². The van der Waals surface area contributed by atoms with Gasteiger partial charge in [0.15, 0.2) is 0 Å². The van der Waals surface area contributed by atoms with Gasteiger partial charge in [0.25, 0.3) is 0 Å². The molecule has 0 saturated carbocycles. The Bertz CT molecular complexity index is 1330. The molecule has 0 aliphatic carbocycles. The number of amides is 2. The van der Waals surface area contributed by atoms with Crippen LogP contribution in [0.3, 0.4) is 0 Å². The number of anilines is 1. The van der Waals surface area contributed by atoms with Crippen LogP contribution in [-0.2, 0) is 14.4 Å². The van der Waals surface area contributed by atoms with Crippen molar-refractivity contribution in [3.05, 3.63) is 66.2 Å². The van der Waals surface area contributed by atoms with E-state index in [0.29, 0.717) is 17.0 Å². The number of phenolic OH excluding ortho intramolecular Hbond substituents is 1. The van der Waals surface area contributed by atoms with Crippen molar-refractivity contribution in [1.82, 2.24) is 5.32 Å². The van der Waals surface area contributed by atoms with Crippen molar-refractivity contribution < 1.29 is 29.3 Å². The molecule has 2 saturated heterocycles. The molecule has 4 atom stereocenters. The first-order chi connectivity index (χ1) is 16.3. The predicted octanol–water partition coefficient (Wildman–Crippen LogP) is 3.24. The smallest absolute Gasteiger partial charge is 0.324 e. The number of aliphatic carboxylic acids is 1. The first-order valence-electron chi connectivity index (χ1n) is 11.1. The van der Waals surface area contributed by atoms with E-state index in [1.807, 2.05) is 30.3 Å². The number of methoxy groups -OCH3 is 1. The monoisotopic (exact) mass is 460 g/mol. The number of imide groups is 1. The minimum atomic E-state index is -1.66. The third-order valence-electron chi connectivity index (χ3n) is 7.17. The molecule has 3 aromatic carbocycles. The summed E-state index contributed by atoms with van der Waals surface area (Å²) in [6.45, 7) is 1.67. The first kappa shape index (κ1) is 21.9. The molecule has 3 N–H and O–H groups in total.